The van der Waals surface area contributed by atoms with Crippen LogP contribution in [-0.4, -0.2) is 27.6 Å². The number of nitrogen functional groups attached to an aromatic ring is 1. The summed E-state index contributed by atoms with van der Waals surface area (Å²) in [6.07, 6.45) is 1.56. The van der Waals surface area contributed by atoms with Crippen LogP contribution in [0.3, 0.4) is 0 Å². The maximum atomic E-state index is 12.7. The number of thiazole rings is 1. The fraction of sp³-hybridized carbons (Fsp3) is 0.133. The standard InChI is InChI=1S/C15H14N4O3S/c1-18-9-5-3-4-8(16)10(9)12(20)11(13(18)21)14(22)19(2)15-17-6-7-23-15/h3-7,20H,16H2,1-2H3. The van der Waals surface area contributed by atoms with E-state index in [2.05, 4.69) is 4.98 Å². The van der Waals surface area contributed by atoms with Gasteiger partial charge in [0.15, 0.2) is 5.13 Å². The van der Waals surface area contributed by atoms with E-state index in [-0.39, 0.29) is 10.9 Å². The zero-order valence-electron chi connectivity index (χ0n) is 12.5. The molecule has 1 aromatic carbocycles. The molecular weight excluding hydrogens is 316 g/mol. The molecule has 118 valence electrons. The number of carbonyl (C=O) groups excluding carboxylic acids is 1. The minimum atomic E-state index is -0.636. The Bertz CT molecular complexity index is 963. The molecule has 0 aliphatic rings. The molecule has 23 heavy (non-hydrogen) atoms. The number of pyridine rings is 1. The topological polar surface area (TPSA) is 101 Å². The van der Waals surface area contributed by atoms with Gasteiger partial charge < -0.3 is 15.4 Å². The van der Waals surface area contributed by atoms with Crippen molar-refractivity contribution in [1.82, 2.24) is 9.55 Å². The number of fused-ring (bicyclic) bond motifs is 1. The highest BCUT2D eigenvalue weighted by Crippen LogP contribution is 2.32. The zero-order chi connectivity index (χ0) is 16.7. The first-order chi connectivity index (χ1) is 10.9. The number of hydrogen-bond donors (Lipinski definition) is 2. The molecule has 0 spiro atoms. The van der Waals surface area contributed by atoms with Crippen molar-refractivity contribution in [3.63, 3.8) is 0 Å². The van der Waals surface area contributed by atoms with Crippen molar-refractivity contribution in [1.29, 1.82) is 0 Å². The molecule has 8 heteroatoms. The number of aryl methyl sites for hydroxylation is 1. The quantitative estimate of drug-likeness (QED) is 0.694. The summed E-state index contributed by atoms with van der Waals surface area (Å²) in [5, 5.41) is 12.9. The molecule has 2 aromatic heterocycles. The number of nitrogens with zero attached hydrogens (tertiary/aromatic N) is 3. The van der Waals surface area contributed by atoms with E-state index in [9.17, 15) is 14.7 Å². The zero-order valence-corrected chi connectivity index (χ0v) is 13.3. The summed E-state index contributed by atoms with van der Waals surface area (Å²) in [4.78, 5) is 30.5. The summed E-state index contributed by atoms with van der Waals surface area (Å²) in [6.45, 7) is 0. The molecule has 1 amide bonds. The van der Waals surface area contributed by atoms with E-state index >= 15 is 0 Å². The number of amides is 1. The monoisotopic (exact) mass is 330 g/mol. The SMILES string of the molecule is CN(C(=O)c1c(O)c2c(N)cccc2n(C)c1=O)c1nccs1. The van der Waals surface area contributed by atoms with E-state index in [0.717, 1.165) is 0 Å². The molecule has 0 radical (unpaired) electrons. The molecule has 0 saturated carbocycles. The van der Waals surface area contributed by atoms with Crippen LogP contribution in [-0.2, 0) is 7.05 Å². The van der Waals surface area contributed by atoms with Crippen molar-refractivity contribution in [2.24, 2.45) is 7.05 Å². The molecule has 0 fully saturated rings. The van der Waals surface area contributed by atoms with Gasteiger partial charge in [-0.15, -0.1) is 11.3 Å². The fourth-order valence-electron chi connectivity index (χ4n) is 2.43. The lowest BCUT2D eigenvalue weighted by molar-refractivity contribution is 0.0988. The number of nitrogens with two attached hydrogens (primary N) is 1. The first-order valence-corrected chi connectivity index (χ1v) is 7.59. The molecule has 0 bridgehead atoms. The number of carbonyl (C=O) groups is 1. The van der Waals surface area contributed by atoms with E-state index in [1.54, 1.807) is 29.8 Å². The van der Waals surface area contributed by atoms with Crippen LogP contribution in [0.15, 0.2) is 34.6 Å². The number of anilines is 2. The summed E-state index contributed by atoms with van der Waals surface area (Å²) in [5.41, 5.74) is 5.75. The Labute approximate surface area is 135 Å². The van der Waals surface area contributed by atoms with Gasteiger partial charge in [-0.2, -0.15) is 0 Å². The molecule has 3 N–H and O–H groups in total. The normalized spacial score (nSPS) is 10.9. The second kappa shape index (κ2) is 5.40. The van der Waals surface area contributed by atoms with Gasteiger partial charge in [0.1, 0.15) is 11.3 Å². The van der Waals surface area contributed by atoms with Crippen LogP contribution in [0.2, 0.25) is 0 Å². The van der Waals surface area contributed by atoms with Gasteiger partial charge in [0, 0.05) is 31.4 Å². The predicted molar refractivity (Wildman–Crippen MR) is 90.1 cm³/mol. The lowest BCUT2D eigenvalue weighted by atomic mass is 10.1. The Morgan fingerprint density at radius 3 is 2.83 bits per heavy atom. The second-order valence-electron chi connectivity index (χ2n) is 5.01. The Hall–Kier alpha value is -2.87. The van der Waals surface area contributed by atoms with Crippen molar-refractivity contribution in [3.05, 3.63) is 45.7 Å². The molecule has 7 nitrogen and oxygen atoms in total. The van der Waals surface area contributed by atoms with Gasteiger partial charge in [0.05, 0.1) is 10.9 Å². The highest BCUT2D eigenvalue weighted by Gasteiger charge is 2.26. The van der Waals surface area contributed by atoms with E-state index in [0.29, 0.717) is 16.3 Å². The van der Waals surface area contributed by atoms with Crippen molar-refractivity contribution < 1.29 is 9.90 Å². The average molecular weight is 330 g/mol. The highest BCUT2D eigenvalue weighted by atomic mass is 32.1. The minimum absolute atomic E-state index is 0.283. The van der Waals surface area contributed by atoms with Crippen LogP contribution >= 0.6 is 11.3 Å². The summed E-state index contributed by atoms with van der Waals surface area (Å²) >= 11 is 1.26. The second-order valence-corrected chi connectivity index (χ2v) is 5.88. The van der Waals surface area contributed by atoms with Crippen LogP contribution in [0.25, 0.3) is 10.9 Å². The maximum Gasteiger partial charge on any atom is 0.269 e. The number of hydrogen-bond acceptors (Lipinski definition) is 6. The first kappa shape index (κ1) is 15.0. The fourth-order valence-corrected chi connectivity index (χ4v) is 3.03. The van der Waals surface area contributed by atoms with E-state index < -0.39 is 17.2 Å². The van der Waals surface area contributed by atoms with Gasteiger partial charge in [-0.3, -0.25) is 14.5 Å². The number of rotatable bonds is 2. The van der Waals surface area contributed by atoms with E-state index in [1.165, 1.54) is 34.9 Å². The van der Waals surface area contributed by atoms with Crippen LogP contribution in [0.1, 0.15) is 10.4 Å². The predicted octanol–water partition coefficient (Wildman–Crippen LogP) is 1.56. The number of benzene rings is 1. The molecule has 0 atom stereocenters. The molecule has 0 saturated heterocycles. The smallest absolute Gasteiger partial charge is 0.269 e. The summed E-state index contributed by atoms with van der Waals surface area (Å²) in [7, 11) is 3.03. The highest BCUT2D eigenvalue weighted by molar-refractivity contribution is 7.13. The molecule has 3 rings (SSSR count). The molecular formula is C15H14N4O3S. The lowest BCUT2D eigenvalue weighted by Gasteiger charge is -2.17. The van der Waals surface area contributed by atoms with Gasteiger partial charge in [0.25, 0.3) is 11.5 Å². The molecule has 3 aromatic rings. The van der Waals surface area contributed by atoms with Crippen LogP contribution in [0.4, 0.5) is 10.8 Å². The van der Waals surface area contributed by atoms with Crippen LogP contribution < -0.4 is 16.2 Å². The largest absolute Gasteiger partial charge is 0.506 e. The summed E-state index contributed by atoms with van der Waals surface area (Å²) < 4.78 is 1.30. The van der Waals surface area contributed by atoms with Crippen molar-refractivity contribution in [3.8, 4) is 5.75 Å². The van der Waals surface area contributed by atoms with Gasteiger partial charge in [0.2, 0.25) is 0 Å². The van der Waals surface area contributed by atoms with Gasteiger partial charge in [-0.25, -0.2) is 4.98 Å². The first-order valence-electron chi connectivity index (χ1n) is 6.71. The Kier molecular flexibility index (Phi) is 3.53. The third-order valence-corrected chi connectivity index (χ3v) is 4.50. The Morgan fingerprint density at radius 2 is 2.17 bits per heavy atom. The molecule has 0 aliphatic heterocycles. The summed E-state index contributed by atoms with van der Waals surface area (Å²) in [5.74, 6) is -1.04. The third-order valence-electron chi connectivity index (χ3n) is 3.65. The number of aromatic hydroxyl groups is 1. The third kappa shape index (κ3) is 2.23. The van der Waals surface area contributed by atoms with E-state index in [4.69, 9.17) is 5.73 Å². The lowest BCUT2D eigenvalue weighted by Crippen LogP contribution is -2.34. The van der Waals surface area contributed by atoms with Gasteiger partial charge >= 0.3 is 0 Å². The Balaban J connectivity index is 2.28. The van der Waals surface area contributed by atoms with Crippen LogP contribution in [0.5, 0.6) is 5.75 Å². The maximum absolute atomic E-state index is 12.7. The van der Waals surface area contributed by atoms with Gasteiger partial charge in [-0.1, -0.05) is 6.07 Å². The van der Waals surface area contributed by atoms with Crippen molar-refractivity contribution in [2.75, 3.05) is 17.7 Å². The Morgan fingerprint density at radius 1 is 1.43 bits per heavy atom. The summed E-state index contributed by atoms with van der Waals surface area (Å²) in [6, 6.07) is 4.94. The van der Waals surface area contributed by atoms with Crippen LogP contribution in [0, 0.1) is 0 Å². The van der Waals surface area contributed by atoms with Crippen molar-refractivity contribution >= 4 is 39.0 Å². The van der Waals surface area contributed by atoms with Gasteiger partial charge in [-0.05, 0) is 12.1 Å². The number of aromatic nitrogens is 2. The van der Waals surface area contributed by atoms with E-state index in [1.807, 2.05) is 0 Å². The molecule has 0 unspecified atom stereocenters. The van der Waals surface area contributed by atoms with Crippen molar-refractivity contribution in [2.45, 2.75) is 0 Å². The minimum Gasteiger partial charge on any atom is -0.506 e. The average Bonchev–Trinajstić information content (AvgIpc) is 3.06. The molecule has 2 heterocycles. The molecule has 0 aliphatic carbocycles.